The van der Waals surface area contributed by atoms with Crippen LogP contribution in [0.25, 0.3) is 5.69 Å². The molecule has 1 heterocycles. The molecule has 0 aliphatic carbocycles. The van der Waals surface area contributed by atoms with Crippen LogP contribution in [0.2, 0.25) is 5.02 Å². The fourth-order valence-corrected chi connectivity index (χ4v) is 2.50. The van der Waals surface area contributed by atoms with Crippen molar-refractivity contribution >= 4 is 34.6 Å². The van der Waals surface area contributed by atoms with E-state index in [0.29, 0.717) is 16.7 Å². The van der Waals surface area contributed by atoms with Crippen LogP contribution in [0.5, 0.6) is 0 Å². The third-order valence-corrected chi connectivity index (χ3v) is 3.76. The number of thiocarbonyl (C=S) groups is 1. The van der Waals surface area contributed by atoms with Gasteiger partial charge < -0.3 is 15.2 Å². The van der Waals surface area contributed by atoms with E-state index in [4.69, 9.17) is 23.8 Å². The largest absolute Gasteiger partial charge is 0.358 e. The van der Waals surface area contributed by atoms with Crippen LogP contribution >= 0.6 is 23.8 Å². The highest BCUT2D eigenvalue weighted by Gasteiger charge is 2.00. The molecule has 0 aliphatic rings. The summed E-state index contributed by atoms with van der Waals surface area (Å²) in [6.07, 6.45) is 5.45. The van der Waals surface area contributed by atoms with Crippen LogP contribution < -0.4 is 10.6 Å². The second kappa shape index (κ2) is 7.26. The van der Waals surface area contributed by atoms with Crippen LogP contribution in [0.3, 0.4) is 0 Å². The summed E-state index contributed by atoms with van der Waals surface area (Å²) in [6.45, 7) is 0.649. The fourth-order valence-electron chi connectivity index (χ4n) is 2.12. The summed E-state index contributed by atoms with van der Waals surface area (Å²) in [7, 11) is 0. The Hall–Kier alpha value is -2.37. The summed E-state index contributed by atoms with van der Waals surface area (Å²) in [5.74, 6) is 0. The fraction of sp³-hybridized carbons (Fsp3) is 0.0588. The number of nitrogens with one attached hydrogen (secondary N) is 2. The van der Waals surface area contributed by atoms with Gasteiger partial charge in [0.2, 0.25) is 0 Å². The van der Waals surface area contributed by atoms with Crippen LogP contribution in [0.4, 0.5) is 5.69 Å². The second-order valence-electron chi connectivity index (χ2n) is 4.95. The van der Waals surface area contributed by atoms with Gasteiger partial charge in [0.1, 0.15) is 0 Å². The van der Waals surface area contributed by atoms with Crippen molar-refractivity contribution in [1.29, 1.82) is 0 Å². The maximum atomic E-state index is 5.95. The van der Waals surface area contributed by atoms with Crippen molar-refractivity contribution in [1.82, 2.24) is 14.9 Å². The summed E-state index contributed by atoms with van der Waals surface area (Å²) in [5.41, 5.74) is 3.08. The van der Waals surface area contributed by atoms with Gasteiger partial charge in [0.15, 0.2) is 5.11 Å². The Morgan fingerprint density at radius 2 is 2.00 bits per heavy atom. The molecule has 0 fully saturated rings. The average Bonchev–Trinajstić information content (AvgIpc) is 3.08. The molecule has 116 valence electrons. The van der Waals surface area contributed by atoms with Gasteiger partial charge in [-0.15, -0.1) is 0 Å². The third kappa shape index (κ3) is 4.31. The molecule has 0 saturated heterocycles. The van der Waals surface area contributed by atoms with Crippen LogP contribution in [-0.4, -0.2) is 14.7 Å². The molecule has 0 saturated carbocycles. The quantitative estimate of drug-likeness (QED) is 0.703. The van der Waals surface area contributed by atoms with Crippen molar-refractivity contribution in [2.45, 2.75) is 6.54 Å². The number of imidazole rings is 1. The molecule has 0 aliphatic heterocycles. The highest BCUT2D eigenvalue weighted by molar-refractivity contribution is 7.80. The van der Waals surface area contributed by atoms with Gasteiger partial charge in [-0.1, -0.05) is 29.8 Å². The number of anilines is 1. The zero-order chi connectivity index (χ0) is 16.1. The molecule has 0 radical (unpaired) electrons. The van der Waals surface area contributed by atoms with E-state index in [1.165, 1.54) is 0 Å². The highest BCUT2D eigenvalue weighted by Crippen LogP contribution is 2.15. The van der Waals surface area contributed by atoms with Gasteiger partial charge in [0.05, 0.1) is 6.33 Å². The van der Waals surface area contributed by atoms with E-state index in [1.54, 1.807) is 12.5 Å². The van der Waals surface area contributed by atoms with Crippen LogP contribution in [-0.2, 0) is 6.54 Å². The van der Waals surface area contributed by atoms with E-state index < -0.39 is 0 Å². The van der Waals surface area contributed by atoms with Crippen molar-refractivity contribution in [3.8, 4) is 5.69 Å². The van der Waals surface area contributed by atoms with Gasteiger partial charge in [-0.25, -0.2) is 4.98 Å². The third-order valence-electron chi connectivity index (χ3n) is 3.27. The van der Waals surface area contributed by atoms with Gasteiger partial charge in [0.25, 0.3) is 0 Å². The normalized spacial score (nSPS) is 10.3. The highest BCUT2D eigenvalue weighted by atomic mass is 35.5. The van der Waals surface area contributed by atoms with Crippen molar-refractivity contribution in [3.63, 3.8) is 0 Å². The van der Waals surface area contributed by atoms with Gasteiger partial charge in [-0.2, -0.15) is 0 Å². The molecule has 0 atom stereocenters. The first-order chi connectivity index (χ1) is 11.2. The average molecular weight is 343 g/mol. The first-order valence-electron chi connectivity index (χ1n) is 7.08. The van der Waals surface area contributed by atoms with Gasteiger partial charge in [-0.05, 0) is 48.1 Å². The minimum absolute atomic E-state index is 0.561. The van der Waals surface area contributed by atoms with Gasteiger partial charge in [-0.3, -0.25) is 0 Å². The van der Waals surface area contributed by atoms with Crippen molar-refractivity contribution in [2.24, 2.45) is 0 Å². The van der Waals surface area contributed by atoms with Crippen LogP contribution in [0.15, 0.2) is 67.3 Å². The molecule has 0 bridgehead atoms. The predicted octanol–water partition coefficient (Wildman–Crippen LogP) is 4.01. The lowest BCUT2D eigenvalue weighted by molar-refractivity contribution is 0.923. The minimum Gasteiger partial charge on any atom is -0.358 e. The Morgan fingerprint density at radius 3 is 2.70 bits per heavy atom. The lowest BCUT2D eigenvalue weighted by Gasteiger charge is -2.11. The summed E-state index contributed by atoms with van der Waals surface area (Å²) in [5, 5.41) is 7.52. The number of aromatic nitrogens is 2. The summed E-state index contributed by atoms with van der Waals surface area (Å²) < 4.78 is 1.96. The summed E-state index contributed by atoms with van der Waals surface area (Å²) in [6, 6.07) is 15.7. The molecule has 2 N–H and O–H groups in total. The van der Waals surface area contributed by atoms with Gasteiger partial charge in [0, 0.05) is 35.3 Å². The van der Waals surface area contributed by atoms with Crippen LogP contribution in [0, 0.1) is 0 Å². The van der Waals surface area contributed by atoms with Crippen molar-refractivity contribution < 1.29 is 0 Å². The SMILES string of the molecule is S=C(NCc1ccc(-n2ccnc2)cc1)Nc1cccc(Cl)c1. The van der Waals surface area contributed by atoms with E-state index in [2.05, 4.69) is 27.8 Å². The molecule has 0 unspecified atom stereocenters. The first-order valence-corrected chi connectivity index (χ1v) is 7.87. The molecule has 3 aromatic rings. The van der Waals surface area contributed by atoms with Gasteiger partial charge >= 0.3 is 0 Å². The minimum atomic E-state index is 0.561. The molecular formula is C17H15ClN4S. The van der Waals surface area contributed by atoms with E-state index in [-0.39, 0.29) is 0 Å². The number of nitrogens with zero attached hydrogens (tertiary/aromatic N) is 2. The van der Waals surface area contributed by atoms with E-state index in [0.717, 1.165) is 16.9 Å². The number of rotatable bonds is 4. The number of hydrogen-bond donors (Lipinski definition) is 2. The maximum Gasteiger partial charge on any atom is 0.171 e. The second-order valence-corrected chi connectivity index (χ2v) is 5.80. The van der Waals surface area contributed by atoms with Crippen molar-refractivity contribution in [3.05, 3.63) is 77.8 Å². The molecule has 0 spiro atoms. The number of benzene rings is 2. The van der Waals surface area contributed by atoms with E-state index >= 15 is 0 Å². The molecule has 2 aromatic carbocycles. The molecule has 4 nitrogen and oxygen atoms in total. The Labute approximate surface area is 145 Å². The molecule has 0 amide bonds. The molecular weight excluding hydrogens is 328 g/mol. The first kappa shape index (κ1) is 15.5. The summed E-state index contributed by atoms with van der Waals surface area (Å²) in [4.78, 5) is 4.04. The lowest BCUT2D eigenvalue weighted by atomic mass is 10.2. The number of hydrogen-bond acceptors (Lipinski definition) is 2. The number of halogens is 1. The lowest BCUT2D eigenvalue weighted by Crippen LogP contribution is -2.27. The Bertz CT molecular complexity index is 785. The Morgan fingerprint density at radius 1 is 1.17 bits per heavy atom. The molecule has 3 rings (SSSR count). The van der Waals surface area contributed by atoms with E-state index in [1.807, 2.05) is 47.2 Å². The monoisotopic (exact) mass is 342 g/mol. The molecule has 1 aromatic heterocycles. The Kier molecular flexibility index (Phi) is 4.90. The van der Waals surface area contributed by atoms with Crippen molar-refractivity contribution in [2.75, 3.05) is 5.32 Å². The maximum absolute atomic E-state index is 5.95. The zero-order valence-electron chi connectivity index (χ0n) is 12.2. The Balaban J connectivity index is 1.54. The zero-order valence-corrected chi connectivity index (χ0v) is 13.8. The topological polar surface area (TPSA) is 41.9 Å². The van der Waals surface area contributed by atoms with Crippen LogP contribution in [0.1, 0.15) is 5.56 Å². The smallest absolute Gasteiger partial charge is 0.171 e. The molecule has 23 heavy (non-hydrogen) atoms. The molecule has 6 heteroatoms. The van der Waals surface area contributed by atoms with E-state index in [9.17, 15) is 0 Å². The summed E-state index contributed by atoms with van der Waals surface area (Å²) >= 11 is 11.2. The standard InChI is InChI=1S/C17H15ClN4S/c18-14-2-1-3-15(10-14)21-17(23)20-11-13-4-6-16(7-5-13)22-9-8-19-12-22/h1-10,12H,11H2,(H2,20,21,23). The predicted molar refractivity (Wildman–Crippen MR) is 98.1 cm³/mol.